The van der Waals surface area contributed by atoms with Crippen LogP contribution in [0.4, 0.5) is 5.69 Å². The summed E-state index contributed by atoms with van der Waals surface area (Å²) >= 11 is 18.5. The van der Waals surface area contributed by atoms with Crippen LogP contribution in [0.1, 0.15) is 5.56 Å². The summed E-state index contributed by atoms with van der Waals surface area (Å²) in [6.45, 7) is 0. The van der Waals surface area contributed by atoms with Crippen molar-refractivity contribution in [3.8, 4) is 0 Å². The number of thiocarbonyl (C=S) groups is 1. The summed E-state index contributed by atoms with van der Waals surface area (Å²) in [4.78, 5) is 27.1. The average Bonchev–Trinajstić information content (AvgIpc) is 2.92. The number of anilines is 1. The molecule has 1 amide bonds. The molecule has 0 atom stereocenters. The van der Waals surface area contributed by atoms with Crippen LogP contribution in [-0.2, 0) is 4.79 Å². The van der Waals surface area contributed by atoms with Gasteiger partial charge in [0.25, 0.3) is 5.91 Å². The highest BCUT2D eigenvalue weighted by molar-refractivity contribution is 8.27. The number of amides is 1. The van der Waals surface area contributed by atoms with Gasteiger partial charge in [-0.3, -0.25) is 14.5 Å². The molecule has 1 saturated heterocycles. The molecule has 4 nitrogen and oxygen atoms in total. The summed E-state index contributed by atoms with van der Waals surface area (Å²) in [5, 5.41) is 1.21. The molecule has 0 aliphatic carbocycles. The first kappa shape index (κ1) is 18.3. The van der Waals surface area contributed by atoms with Gasteiger partial charge in [0.2, 0.25) is 0 Å². The Labute approximate surface area is 173 Å². The van der Waals surface area contributed by atoms with E-state index in [-0.39, 0.29) is 16.9 Å². The van der Waals surface area contributed by atoms with Crippen molar-refractivity contribution in [2.45, 2.75) is 0 Å². The van der Waals surface area contributed by atoms with Gasteiger partial charge in [-0.05, 0) is 36.4 Å². The summed E-state index contributed by atoms with van der Waals surface area (Å²) in [5.74, 6) is -0.359. The molecule has 1 fully saturated rings. The molecule has 2 aromatic carbocycles. The second kappa shape index (κ2) is 7.13. The number of benzene rings is 2. The number of thioether (sulfide) groups is 1. The Morgan fingerprint density at radius 2 is 1.89 bits per heavy atom. The summed E-state index contributed by atoms with van der Waals surface area (Å²) in [6, 6.07) is 11.7. The summed E-state index contributed by atoms with van der Waals surface area (Å²) in [6.07, 6.45) is 2.83. The van der Waals surface area contributed by atoms with Crippen molar-refractivity contribution in [3.63, 3.8) is 0 Å². The van der Waals surface area contributed by atoms with E-state index in [4.69, 9.17) is 39.8 Å². The standard InChI is InChI=1S/C19H9Cl2NO3S2/c20-11-5-6-14(13(21)8-11)22-18(24)16(27-19(22)26)7-10-9-25-15-4-2-1-3-12(15)17(10)23/h1-9H/b16-7+. The van der Waals surface area contributed by atoms with Gasteiger partial charge >= 0.3 is 0 Å². The van der Waals surface area contributed by atoms with E-state index < -0.39 is 0 Å². The second-order valence-corrected chi connectivity index (χ2v) is 8.15. The van der Waals surface area contributed by atoms with Crippen molar-refractivity contribution >= 4 is 80.1 Å². The lowest BCUT2D eigenvalue weighted by molar-refractivity contribution is -0.113. The van der Waals surface area contributed by atoms with Crippen LogP contribution in [0, 0.1) is 0 Å². The van der Waals surface area contributed by atoms with Gasteiger partial charge in [0, 0.05) is 5.02 Å². The molecule has 0 bridgehead atoms. The minimum atomic E-state index is -0.359. The third kappa shape index (κ3) is 3.30. The lowest BCUT2D eigenvalue weighted by Crippen LogP contribution is -2.27. The third-order valence-corrected chi connectivity index (χ3v) is 5.78. The first-order valence-electron chi connectivity index (χ1n) is 7.69. The smallest absolute Gasteiger partial charge is 0.270 e. The van der Waals surface area contributed by atoms with Crippen LogP contribution in [0.5, 0.6) is 0 Å². The molecule has 1 aliphatic rings. The van der Waals surface area contributed by atoms with E-state index in [2.05, 4.69) is 0 Å². The second-order valence-electron chi connectivity index (χ2n) is 5.63. The highest BCUT2D eigenvalue weighted by atomic mass is 35.5. The van der Waals surface area contributed by atoms with Crippen LogP contribution < -0.4 is 10.3 Å². The SMILES string of the molecule is O=C1/C(=C\c2coc3ccccc3c2=O)SC(=S)N1c1ccc(Cl)cc1Cl. The molecule has 134 valence electrons. The summed E-state index contributed by atoms with van der Waals surface area (Å²) < 4.78 is 5.81. The minimum absolute atomic E-state index is 0.216. The quantitative estimate of drug-likeness (QED) is 0.394. The Balaban J connectivity index is 1.76. The fraction of sp³-hybridized carbons (Fsp3) is 0. The van der Waals surface area contributed by atoms with Gasteiger partial charge in [0.1, 0.15) is 11.8 Å². The Bertz CT molecular complexity index is 1200. The molecular weight excluding hydrogens is 425 g/mol. The number of nitrogens with zero attached hydrogens (tertiary/aromatic N) is 1. The van der Waals surface area contributed by atoms with E-state index in [1.807, 2.05) is 0 Å². The maximum Gasteiger partial charge on any atom is 0.270 e. The number of para-hydroxylation sites is 1. The van der Waals surface area contributed by atoms with Crippen molar-refractivity contribution in [2.75, 3.05) is 4.90 Å². The van der Waals surface area contributed by atoms with E-state index in [0.717, 1.165) is 11.8 Å². The molecule has 0 radical (unpaired) electrons. The number of rotatable bonds is 2. The molecule has 4 rings (SSSR count). The van der Waals surface area contributed by atoms with Gasteiger partial charge in [0.15, 0.2) is 9.75 Å². The Morgan fingerprint density at radius 1 is 1.11 bits per heavy atom. The van der Waals surface area contributed by atoms with Crippen LogP contribution >= 0.6 is 47.2 Å². The molecular formula is C19H9Cl2NO3S2. The third-order valence-electron chi connectivity index (χ3n) is 3.94. The summed E-state index contributed by atoms with van der Waals surface area (Å²) in [7, 11) is 0. The van der Waals surface area contributed by atoms with Gasteiger partial charge in [0.05, 0.1) is 26.6 Å². The minimum Gasteiger partial charge on any atom is -0.463 e. The van der Waals surface area contributed by atoms with Crippen molar-refractivity contribution in [2.24, 2.45) is 0 Å². The molecule has 0 N–H and O–H groups in total. The van der Waals surface area contributed by atoms with Crippen LogP contribution in [0.2, 0.25) is 10.0 Å². The van der Waals surface area contributed by atoms with E-state index in [0.29, 0.717) is 35.9 Å². The highest BCUT2D eigenvalue weighted by Gasteiger charge is 2.34. The molecule has 1 aliphatic heterocycles. The van der Waals surface area contributed by atoms with Gasteiger partial charge in [-0.25, -0.2) is 0 Å². The largest absolute Gasteiger partial charge is 0.463 e. The number of fused-ring (bicyclic) bond motifs is 1. The fourth-order valence-corrected chi connectivity index (χ4v) is 4.44. The Hall–Kier alpha value is -2.12. The molecule has 2 heterocycles. The van der Waals surface area contributed by atoms with E-state index >= 15 is 0 Å². The topological polar surface area (TPSA) is 50.5 Å². The fourth-order valence-electron chi connectivity index (χ4n) is 2.67. The van der Waals surface area contributed by atoms with Gasteiger partial charge in [-0.2, -0.15) is 0 Å². The van der Waals surface area contributed by atoms with Crippen molar-refractivity contribution in [1.82, 2.24) is 0 Å². The van der Waals surface area contributed by atoms with Gasteiger partial charge < -0.3 is 4.42 Å². The zero-order valence-corrected chi connectivity index (χ0v) is 16.6. The van der Waals surface area contributed by atoms with Crippen molar-refractivity contribution < 1.29 is 9.21 Å². The maximum atomic E-state index is 12.9. The molecule has 0 spiro atoms. The van der Waals surface area contributed by atoms with Crippen molar-refractivity contribution in [1.29, 1.82) is 0 Å². The van der Waals surface area contributed by atoms with Crippen LogP contribution in [0.25, 0.3) is 17.0 Å². The first-order chi connectivity index (χ1) is 13.0. The predicted molar refractivity (Wildman–Crippen MR) is 115 cm³/mol. The number of hydrogen-bond acceptors (Lipinski definition) is 5. The Morgan fingerprint density at radius 3 is 2.67 bits per heavy atom. The zero-order valence-electron chi connectivity index (χ0n) is 13.4. The van der Waals surface area contributed by atoms with E-state index in [1.165, 1.54) is 17.2 Å². The molecule has 3 aromatic rings. The monoisotopic (exact) mass is 433 g/mol. The summed E-state index contributed by atoms with van der Waals surface area (Å²) in [5.41, 5.74) is 0.987. The number of halogens is 2. The normalized spacial score (nSPS) is 15.9. The number of hydrogen-bond donors (Lipinski definition) is 0. The van der Waals surface area contributed by atoms with Crippen LogP contribution in [0.3, 0.4) is 0 Å². The molecule has 0 saturated carbocycles. The molecule has 1 aromatic heterocycles. The Kier molecular flexibility index (Phi) is 4.82. The maximum absolute atomic E-state index is 12.9. The van der Waals surface area contributed by atoms with Gasteiger partial charge in [-0.15, -0.1) is 0 Å². The molecule has 8 heteroatoms. The van der Waals surface area contributed by atoms with E-state index in [9.17, 15) is 9.59 Å². The lowest BCUT2D eigenvalue weighted by atomic mass is 10.1. The first-order valence-corrected chi connectivity index (χ1v) is 9.67. The zero-order chi connectivity index (χ0) is 19.1. The predicted octanol–water partition coefficient (Wildman–Crippen LogP) is 5.51. The van der Waals surface area contributed by atoms with Gasteiger partial charge in [-0.1, -0.05) is 59.3 Å². The average molecular weight is 434 g/mol. The van der Waals surface area contributed by atoms with E-state index in [1.54, 1.807) is 42.5 Å². The molecule has 0 unspecified atom stereocenters. The molecule has 27 heavy (non-hydrogen) atoms. The van der Waals surface area contributed by atoms with Crippen LogP contribution in [-0.4, -0.2) is 10.2 Å². The lowest BCUT2D eigenvalue weighted by Gasteiger charge is -2.16. The van der Waals surface area contributed by atoms with Crippen LogP contribution in [0.15, 0.2) is 62.8 Å². The highest BCUT2D eigenvalue weighted by Crippen LogP contribution is 2.39. The number of carbonyl (C=O) groups is 1. The number of carbonyl (C=O) groups excluding carboxylic acids is 1. The van der Waals surface area contributed by atoms with Crippen molar-refractivity contribution in [3.05, 3.63) is 79.5 Å².